The van der Waals surface area contributed by atoms with Crippen LogP contribution in [-0.2, 0) is 12.3 Å². The van der Waals surface area contributed by atoms with Crippen molar-refractivity contribution < 1.29 is 4.52 Å². The zero-order valence-electron chi connectivity index (χ0n) is 11.6. The standard InChI is InChI=1S/C14H18ClN3OS/c1-10(2)7-16-8-14-17-13(18-19-14)9-20-12-5-3-11(15)4-6-12/h3-6,10,16H,7-9H2,1-2H3. The SMILES string of the molecule is CC(C)CNCc1nc(CSc2ccc(Cl)cc2)no1. The molecule has 2 aromatic rings. The van der Waals surface area contributed by atoms with Crippen LogP contribution in [-0.4, -0.2) is 16.7 Å². The summed E-state index contributed by atoms with van der Waals surface area (Å²) < 4.78 is 5.20. The molecule has 0 radical (unpaired) electrons. The largest absolute Gasteiger partial charge is 0.338 e. The Morgan fingerprint density at radius 2 is 2.05 bits per heavy atom. The summed E-state index contributed by atoms with van der Waals surface area (Å²) in [5.74, 6) is 2.65. The molecule has 0 atom stereocenters. The van der Waals surface area contributed by atoms with E-state index in [1.54, 1.807) is 11.8 Å². The Balaban J connectivity index is 1.79. The third-order valence-electron chi connectivity index (χ3n) is 2.52. The fourth-order valence-electron chi connectivity index (χ4n) is 1.57. The highest BCUT2D eigenvalue weighted by Gasteiger charge is 2.07. The van der Waals surface area contributed by atoms with E-state index in [0.29, 0.717) is 29.9 Å². The molecule has 0 fully saturated rings. The van der Waals surface area contributed by atoms with Crippen LogP contribution in [0.4, 0.5) is 0 Å². The first kappa shape index (κ1) is 15.4. The Hall–Kier alpha value is -1.04. The fourth-order valence-corrected chi connectivity index (χ4v) is 2.43. The molecule has 0 aliphatic rings. The minimum absolute atomic E-state index is 0.609. The lowest BCUT2D eigenvalue weighted by Gasteiger charge is -2.03. The number of thioether (sulfide) groups is 1. The van der Waals surface area contributed by atoms with Crippen LogP contribution in [0.1, 0.15) is 25.6 Å². The predicted octanol–water partition coefficient (Wildman–Crippen LogP) is 3.76. The van der Waals surface area contributed by atoms with Crippen molar-refractivity contribution in [1.82, 2.24) is 15.5 Å². The number of hydrogen-bond acceptors (Lipinski definition) is 5. The van der Waals surface area contributed by atoms with Gasteiger partial charge >= 0.3 is 0 Å². The lowest BCUT2D eigenvalue weighted by atomic mass is 10.2. The lowest BCUT2D eigenvalue weighted by molar-refractivity contribution is 0.360. The van der Waals surface area contributed by atoms with Crippen LogP contribution in [0, 0.1) is 5.92 Å². The molecule has 0 bridgehead atoms. The van der Waals surface area contributed by atoms with Crippen molar-refractivity contribution in [1.29, 1.82) is 0 Å². The third kappa shape index (κ3) is 5.15. The van der Waals surface area contributed by atoms with Gasteiger partial charge in [-0.2, -0.15) is 4.98 Å². The summed E-state index contributed by atoms with van der Waals surface area (Å²) in [6.07, 6.45) is 0. The second-order valence-electron chi connectivity index (χ2n) is 4.87. The maximum Gasteiger partial charge on any atom is 0.240 e. The minimum Gasteiger partial charge on any atom is -0.338 e. The molecule has 0 saturated heterocycles. The van der Waals surface area contributed by atoms with E-state index in [1.807, 2.05) is 24.3 Å². The van der Waals surface area contributed by atoms with E-state index in [2.05, 4.69) is 29.3 Å². The molecular formula is C14H18ClN3OS. The van der Waals surface area contributed by atoms with Crippen molar-refractivity contribution in [2.24, 2.45) is 5.92 Å². The van der Waals surface area contributed by atoms with E-state index in [0.717, 1.165) is 16.5 Å². The molecule has 0 aliphatic heterocycles. The minimum atomic E-state index is 0.609. The first-order valence-corrected chi connectivity index (χ1v) is 7.90. The molecule has 0 saturated carbocycles. The van der Waals surface area contributed by atoms with Gasteiger partial charge < -0.3 is 9.84 Å². The summed E-state index contributed by atoms with van der Waals surface area (Å²) in [5.41, 5.74) is 0. The van der Waals surface area contributed by atoms with Gasteiger partial charge in [-0.1, -0.05) is 30.6 Å². The second kappa shape index (κ2) is 7.67. The number of nitrogens with zero attached hydrogens (tertiary/aromatic N) is 2. The average Bonchev–Trinajstić information content (AvgIpc) is 2.86. The van der Waals surface area contributed by atoms with Gasteiger partial charge in [0.15, 0.2) is 5.82 Å². The zero-order valence-corrected chi connectivity index (χ0v) is 13.2. The lowest BCUT2D eigenvalue weighted by Crippen LogP contribution is -2.19. The summed E-state index contributed by atoms with van der Waals surface area (Å²) in [5, 5.41) is 7.99. The number of nitrogens with one attached hydrogen (secondary N) is 1. The van der Waals surface area contributed by atoms with Crippen molar-refractivity contribution >= 4 is 23.4 Å². The molecule has 20 heavy (non-hydrogen) atoms. The maximum absolute atomic E-state index is 5.85. The topological polar surface area (TPSA) is 51.0 Å². The van der Waals surface area contributed by atoms with Gasteiger partial charge in [0, 0.05) is 9.92 Å². The molecule has 108 valence electrons. The van der Waals surface area contributed by atoms with Gasteiger partial charge in [-0.25, -0.2) is 0 Å². The summed E-state index contributed by atoms with van der Waals surface area (Å²) in [6.45, 7) is 5.89. The Kier molecular flexibility index (Phi) is 5.88. The number of halogens is 1. The van der Waals surface area contributed by atoms with Crippen LogP contribution in [0.25, 0.3) is 0 Å². The van der Waals surface area contributed by atoms with Crippen LogP contribution in [0.5, 0.6) is 0 Å². The molecule has 2 rings (SSSR count). The van der Waals surface area contributed by atoms with Crippen molar-refractivity contribution in [2.45, 2.75) is 31.0 Å². The van der Waals surface area contributed by atoms with Crippen LogP contribution < -0.4 is 5.32 Å². The highest BCUT2D eigenvalue weighted by atomic mass is 35.5. The van der Waals surface area contributed by atoms with Crippen LogP contribution in [0.2, 0.25) is 5.02 Å². The molecule has 1 N–H and O–H groups in total. The van der Waals surface area contributed by atoms with Gasteiger partial charge in [0.2, 0.25) is 5.89 Å². The Labute approximate surface area is 128 Å². The highest BCUT2D eigenvalue weighted by molar-refractivity contribution is 7.98. The van der Waals surface area contributed by atoms with Crippen LogP contribution >= 0.6 is 23.4 Å². The van der Waals surface area contributed by atoms with E-state index in [1.165, 1.54) is 0 Å². The van der Waals surface area contributed by atoms with E-state index in [-0.39, 0.29) is 0 Å². The van der Waals surface area contributed by atoms with Gasteiger partial charge in [-0.3, -0.25) is 0 Å². The van der Waals surface area contributed by atoms with Gasteiger partial charge in [-0.05, 0) is 36.7 Å². The zero-order chi connectivity index (χ0) is 14.4. The summed E-state index contributed by atoms with van der Waals surface area (Å²) in [4.78, 5) is 5.49. The van der Waals surface area contributed by atoms with Gasteiger partial charge in [0.05, 0.1) is 12.3 Å². The van der Waals surface area contributed by atoms with E-state index in [4.69, 9.17) is 16.1 Å². The number of aromatic nitrogens is 2. The third-order valence-corrected chi connectivity index (χ3v) is 3.78. The fraction of sp³-hybridized carbons (Fsp3) is 0.429. The summed E-state index contributed by atoms with van der Waals surface area (Å²) >= 11 is 7.51. The quantitative estimate of drug-likeness (QED) is 0.789. The number of rotatable bonds is 7. The molecule has 6 heteroatoms. The second-order valence-corrected chi connectivity index (χ2v) is 6.36. The summed E-state index contributed by atoms with van der Waals surface area (Å²) in [6, 6.07) is 7.72. The van der Waals surface area contributed by atoms with Gasteiger partial charge in [0.1, 0.15) is 0 Å². The maximum atomic E-state index is 5.85. The van der Waals surface area contributed by atoms with Crippen molar-refractivity contribution in [3.63, 3.8) is 0 Å². The van der Waals surface area contributed by atoms with Crippen LogP contribution in [0.15, 0.2) is 33.7 Å². The predicted molar refractivity (Wildman–Crippen MR) is 81.9 cm³/mol. The first-order valence-electron chi connectivity index (χ1n) is 6.54. The molecule has 0 amide bonds. The van der Waals surface area contributed by atoms with E-state index in [9.17, 15) is 0 Å². The van der Waals surface area contributed by atoms with Gasteiger partial charge in [-0.15, -0.1) is 11.8 Å². The molecule has 1 aromatic carbocycles. The molecule has 4 nitrogen and oxygen atoms in total. The smallest absolute Gasteiger partial charge is 0.240 e. The van der Waals surface area contributed by atoms with Crippen molar-refractivity contribution in [2.75, 3.05) is 6.54 Å². The van der Waals surface area contributed by atoms with Gasteiger partial charge in [0.25, 0.3) is 0 Å². The summed E-state index contributed by atoms with van der Waals surface area (Å²) in [7, 11) is 0. The Morgan fingerprint density at radius 3 is 2.75 bits per heavy atom. The highest BCUT2D eigenvalue weighted by Crippen LogP contribution is 2.23. The first-order chi connectivity index (χ1) is 9.63. The van der Waals surface area contributed by atoms with E-state index < -0.39 is 0 Å². The molecule has 1 heterocycles. The van der Waals surface area contributed by atoms with E-state index >= 15 is 0 Å². The average molecular weight is 312 g/mol. The number of hydrogen-bond donors (Lipinski definition) is 1. The molecular weight excluding hydrogens is 294 g/mol. The molecule has 0 spiro atoms. The molecule has 0 unspecified atom stereocenters. The monoisotopic (exact) mass is 311 g/mol. The normalized spacial score (nSPS) is 11.2. The molecule has 1 aromatic heterocycles. The Morgan fingerprint density at radius 1 is 1.30 bits per heavy atom. The van der Waals surface area contributed by atoms with Crippen LogP contribution in [0.3, 0.4) is 0 Å². The number of benzene rings is 1. The Bertz CT molecular complexity index is 527. The van der Waals surface area contributed by atoms with Crippen molar-refractivity contribution in [3.05, 3.63) is 41.0 Å². The molecule has 0 aliphatic carbocycles. The van der Waals surface area contributed by atoms with Crippen molar-refractivity contribution in [3.8, 4) is 0 Å².